The predicted octanol–water partition coefficient (Wildman–Crippen LogP) is 3.60. The lowest BCUT2D eigenvalue weighted by Crippen LogP contribution is -2.22. The third kappa shape index (κ3) is 3.40. The van der Waals surface area contributed by atoms with Crippen molar-refractivity contribution < 1.29 is 9.13 Å². The van der Waals surface area contributed by atoms with Gasteiger partial charge in [-0.3, -0.25) is 0 Å². The van der Waals surface area contributed by atoms with Gasteiger partial charge >= 0.3 is 0 Å². The third-order valence-electron chi connectivity index (χ3n) is 3.03. The highest BCUT2D eigenvalue weighted by Gasteiger charge is 2.21. The lowest BCUT2D eigenvalue weighted by molar-refractivity contribution is 0.0429. The number of ether oxygens (including phenoxy) is 1. The molecule has 0 aromatic heterocycles. The highest BCUT2D eigenvalue weighted by Crippen LogP contribution is 2.30. The van der Waals surface area contributed by atoms with E-state index in [9.17, 15) is 4.39 Å². The van der Waals surface area contributed by atoms with Gasteiger partial charge in [-0.2, -0.15) is 0 Å². The van der Waals surface area contributed by atoms with Crippen LogP contribution in [0.3, 0.4) is 0 Å². The van der Waals surface area contributed by atoms with E-state index in [1.165, 1.54) is 12.1 Å². The molecule has 3 heteroatoms. The van der Waals surface area contributed by atoms with Crippen LogP contribution in [0.2, 0.25) is 0 Å². The van der Waals surface area contributed by atoms with E-state index in [1.807, 2.05) is 43.3 Å². The molecule has 2 atom stereocenters. The smallest absolute Gasteiger partial charge is 0.123 e. The molecule has 2 nitrogen and oxygen atoms in total. The normalized spacial score (nSPS) is 14.1. The summed E-state index contributed by atoms with van der Waals surface area (Å²) in [6, 6.07) is 15.7. The maximum Gasteiger partial charge on any atom is 0.123 e. The fourth-order valence-corrected chi connectivity index (χ4v) is 2.12. The van der Waals surface area contributed by atoms with E-state index >= 15 is 0 Å². The molecule has 2 rings (SSSR count). The van der Waals surface area contributed by atoms with Gasteiger partial charge in [-0.15, -0.1) is 0 Å². The Hall–Kier alpha value is -1.71. The first kappa shape index (κ1) is 13.7. The quantitative estimate of drug-likeness (QED) is 0.890. The molecule has 0 aliphatic heterocycles. The Morgan fingerprint density at radius 1 is 1.05 bits per heavy atom. The second kappa shape index (κ2) is 6.45. The zero-order valence-corrected chi connectivity index (χ0v) is 10.9. The van der Waals surface area contributed by atoms with Crippen LogP contribution in [0, 0.1) is 5.82 Å². The maximum atomic E-state index is 13.3. The van der Waals surface area contributed by atoms with Crippen LogP contribution in [0.5, 0.6) is 0 Å². The summed E-state index contributed by atoms with van der Waals surface area (Å²) < 4.78 is 19.0. The number of rotatable bonds is 5. The minimum atomic E-state index is -0.391. The Morgan fingerprint density at radius 3 is 2.37 bits per heavy atom. The number of hydrogen-bond donors (Lipinski definition) is 1. The largest absolute Gasteiger partial charge is 0.372 e. The maximum absolute atomic E-state index is 13.3. The van der Waals surface area contributed by atoms with Crippen molar-refractivity contribution in [2.75, 3.05) is 6.61 Å². The second-order valence-corrected chi connectivity index (χ2v) is 4.37. The predicted molar refractivity (Wildman–Crippen MR) is 74.1 cm³/mol. The fraction of sp³-hybridized carbons (Fsp3) is 0.250. The summed E-state index contributed by atoms with van der Waals surface area (Å²) in [5, 5.41) is 0. The van der Waals surface area contributed by atoms with E-state index in [-0.39, 0.29) is 11.9 Å². The van der Waals surface area contributed by atoms with Crippen molar-refractivity contribution in [2.24, 2.45) is 5.73 Å². The molecule has 2 aromatic carbocycles. The van der Waals surface area contributed by atoms with Crippen LogP contribution < -0.4 is 5.73 Å². The van der Waals surface area contributed by atoms with Gasteiger partial charge in [0.05, 0.1) is 6.04 Å². The van der Waals surface area contributed by atoms with Gasteiger partial charge in [0.2, 0.25) is 0 Å². The average molecular weight is 259 g/mol. The van der Waals surface area contributed by atoms with E-state index in [0.717, 1.165) is 11.1 Å². The summed E-state index contributed by atoms with van der Waals surface area (Å²) in [6.07, 6.45) is -0.270. The molecule has 0 saturated carbocycles. The van der Waals surface area contributed by atoms with Crippen LogP contribution in [0.15, 0.2) is 54.6 Å². The molecule has 19 heavy (non-hydrogen) atoms. The Kier molecular flexibility index (Phi) is 4.66. The number of benzene rings is 2. The minimum Gasteiger partial charge on any atom is -0.372 e. The first-order valence-electron chi connectivity index (χ1n) is 6.40. The van der Waals surface area contributed by atoms with E-state index in [1.54, 1.807) is 6.07 Å². The SMILES string of the molecule is CCOC(c1ccccc1)C(N)c1cccc(F)c1. The van der Waals surface area contributed by atoms with Crippen molar-refractivity contribution in [2.45, 2.75) is 19.1 Å². The van der Waals surface area contributed by atoms with E-state index < -0.39 is 6.04 Å². The molecular formula is C16H18FNO. The van der Waals surface area contributed by atoms with Crippen LogP contribution in [0.1, 0.15) is 30.2 Å². The molecule has 0 saturated heterocycles. The van der Waals surface area contributed by atoms with Gasteiger partial charge in [-0.1, -0.05) is 42.5 Å². The van der Waals surface area contributed by atoms with Gasteiger partial charge in [0.25, 0.3) is 0 Å². The summed E-state index contributed by atoms with van der Waals surface area (Å²) in [5.74, 6) is -0.281. The van der Waals surface area contributed by atoms with E-state index in [4.69, 9.17) is 10.5 Å². The van der Waals surface area contributed by atoms with Gasteiger partial charge in [0.1, 0.15) is 11.9 Å². The molecule has 0 spiro atoms. The number of halogens is 1. The third-order valence-corrected chi connectivity index (χ3v) is 3.03. The summed E-state index contributed by atoms with van der Waals surface area (Å²) in [5.41, 5.74) is 7.97. The lowest BCUT2D eigenvalue weighted by Gasteiger charge is -2.24. The summed E-state index contributed by atoms with van der Waals surface area (Å²) in [4.78, 5) is 0. The van der Waals surface area contributed by atoms with Crippen molar-refractivity contribution in [1.29, 1.82) is 0 Å². The zero-order valence-electron chi connectivity index (χ0n) is 10.9. The second-order valence-electron chi connectivity index (χ2n) is 4.37. The van der Waals surface area contributed by atoms with Crippen molar-refractivity contribution in [3.63, 3.8) is 0 Å². The Labute approximate surface area is 113 Å². The van der Waals surface area contributed by atoms with Crippen LogP contribution >= 0.6 is 0 Å². The number of hydrogen-bond acceptors (Lipinski definition) is 2. The molecule has 0 heterocycles. The molecule has 2 N–H and O–H groups in total. The monoisotopic (exact) mass is 259 g/mol. The van der Waals surface area contributed by atoms with Gasteiger partial charge in [0, 0.05) is 6.61 Å². The molecule has 2 aromatic rings. The number of nitrogens with two attached hydrogens (primary N) is 1. The summed E-state index contributed by atoms with van der Waals surface area (Å²) in [6.45, 7) is 2.48. The molecule has 0 aliphatic carbocycles. The van der Waals surface area contributed by atoms with Gasteiger partial charge < -0.3 is 10.5 Å². The highest BCUT2D eigenvalue weighted by atomic mass is 19.1. The standard InChI is InChI=1S/C16H18FNO/c1-2-19-16(12-7-4-3-5-8-12)15(18)13-9-6-10-14(17)11-13/h3-11,15-16H,2,18H2,1H3. The Morgan fingerprint density at radius 2 is 1.74 bits per heavy atom. The lowest BCUT2D eigenvalue weighted by atomic mass is 9.96. The molecule has 0 fully saturated rings. The van der Waals surface area contributed by atoms with Gasteiger partial charge in [0.15, 0.2) is 0 Å². The van der Waals surface area contributed by atoms with Crippen molar-refractivity contribution >= 4 is 0 Å². The Bertz CT molecular complexity index is 515. The molecule has 100 valence electrons. The molecule has 0 aliphatic rings. The Balaban J connectivity index is 2.29. The minimum absolute atomic E-state index is 0.270. The summed E-state index contributed by atoms with van der Waals surface area (Å²) >= 11 is 0. The zero-order chi connectivity index (χ0) is 13.7. The molecule has 2 unspecified atom stereocenters. The van der Waals surface area contributed by atoms with E-state index in [2.05, 4.69) is 0 Å². The first-order chi connectivity index (χ1) is 9.22. The molecule has 0 amide bonds. The van der Waals surface area contributed by atoms with Crippen LogP contribution in [0.4, 0.5) is 4.39 Å². The van der Waals surface area contributed by atoms with Crippen LogP contribution in [-0.4, -0.2) is 6.61 Å². The average Bonchev–Trinajstić information content (AvgIpc) is 2.45. The van der Waals surface area contributed by atoms with Gasteiger partial charge in [-0.05, 0) is 30.2 Å². The summed E-state index contributed by atoms with van der Waals surface area (Å²) in [7, 11) is 0. The first-order valence-corrected chi connectivity index (χ1v) is 6.40. The van der Waals surface area contributed by atoms with E-state index in [0.29, 0.717) is 6.61 Å². The topological polar surface area (TPSA) is 35.2 Å². The highest BCUT2D eigenvalue weighted by molar-refractivity contribution is 5.26. The molecule has 0 radical (unpaired) electrons. The van der Waals surface area contributed by atoms with Crippen molar-refractivity contribution in [1.82, 2.24) is 0 Å². The van der Waals surface area contributed by atoms with Crippen molar-refractivity contribution in [3.05, 3.63) is 71.5 Å². The molecular weight excluding hydrogens is 241 g/mol. The van der Waals surface area contributed by atoms with Crippen LogP contribution in [-0.2, 0) is 4.74 Å². The van der Waals surface area contributed by atoms with Crippen molar-refractivity contribution in [3.8, 4) is 0 Å². The van der Waals surface area contributed by atoms with Gasteiger partial charge in [-0.25, -0.2) is 4.39 Å². The molecule has 0 bridgehead atoms. The van der Waals surface area contributed by atoms with Crippen LogP contribution in [0.25, 0.3) is 0 Å². The fourth-order valence-electron chi connectivity index (χ4n) is 2.12.